The monoisotopic (exact) mass is 289 g/mol. The van der Waals surface area contributed by atoms with Crippen LogP contribution in [0, 0.1) is 18.3 Å². The molecule has 0 saturated carbocycles. The SMILES string of the molecule is Cc1nc(Oc2cc(Cl)ccc2C#N)nc(N(C)C)n1. The van der Waals surface area contributed by atoms with E-state index in [4.69, 9.17) is 21.6 Å². The topological polar surface area (TPSA) is 74.9 Å². The van der Waals surface area contributed by atoms with E-state index in [0.29, 0.717) is 28.1 Å². The highest BCUT2D eigenvalue weighted by atomic mass is 35.5. The molecule has 6 nitrogen and oxygen atoms in total. The Kier molecular flexibility index (Phi) is 4.01. The number of rotatable bonds is 3. The van der Waals surface area contributed by atoms with Crippen molar-refractivity contribution in [2.75, 3.05) is 19.0 Å². The molecule has 0 aliphatic rings. The number of nitriles is 1. The summed E-state index contributed by atoms with van der Waals surface area (Å²) in [6.45, 7) is 1.74. The average Bonchev–Trinajstić information content (AvgIpc) is 2.38. The normalized spacial score (nSPS) is 9.95. The van der Waals surface area contributed by atoms with Gasteiger partial charge in [-0.25, -0.2) is 0 Å². The largest absolute Gasteiger partial charge is 0.423 e. The molecule has 2 rings (SSSR count). The minimum atomic E-state index is 0.125. The van der Waals surface area contributed by atoms with Gasteiger partial charge in [-0.15, -0.1) is 0 Å². The lowest BCUT2D eigenvalue weighted by Crippen LogP contribution is -2.14. The first-order valence-corrected chi connectivity index (χ1v) is 6.15. The van der Waals surface area contributed by atoms with E-state index in [1.165, 1.54) is 0 Å². The molecule has 0 radical (unpaired) electrons. The quantitative estimate of drug-likeness (QED) is 0.864. The Bertz CT molecular complexity index is 681. The van der Waals surface area contributed by atoms with Gasteiger partial charge in [0.2, 0.25) is 5.95 Å². The third-order valence-corrected chi connectivity index (χ3v) is 2.62. The van der Waals surface area contributed by atoms with Crippen molar-refractivity contribution in [3.63, 3.8) is 0 Å². The van der Waals surface area contributed by atoms with Crippen LogP contribution < -0.4 is 9.64 Å². The van der Waals surface area contributed by atoms with E-state index >= 15 is 0 Å². The Morgan fingerprint density at radius 2 is 2.00 bits per heavy atom. The number of aromatic nitrogens is 3. The van der Waals surface area contributed by atoms with E-state index in [1.807, 2.05) is 20.2 Å². The summed E-state index contributed by atoms with van der Waals surface area (Å²) >= 11 is 5.90. The van der Waals surface area contributed by atoms with Gasteiger partial charge in [0.05, 0.1) is 5.56 Å². The van der Waals surface area contributed by atoms with Crippen molar-refractivity contribution in [1.82, 2.24) is 15.0 Å². The van der Waals surface area contributed by atoms with Gasteiger partial charge in [0.25, 0.3) is 0 Å². The molecule has 0 amide bonds. The maximum atomic E-state index is 9.05. The molecule has 0 spiro atoms. The van der Waals surface area contributed by atoms with Crippen LogP contribution in [0.15, 0.2) is 18.2 Å². The molecule has 2 aromatic rings. The predicted octanol–water partition coefficient (Wildman–Crippen LogP) is 2.56. The number of halogens is 1. The summed E-state index contributed by atoms with van der Waals surface area (Å²) < 4.78 is 5.56. The number of aryl methyl sites for hydroxylation is 1. The lowest BCUT2D eigenvalue weighted by Gasteiger charge is -2.12. The molecule has 20 heavy (non-hydrogen) atoms. The zero-order valence-corrected chi connectivity index (χ0v) is 12.0. The fraction of sp³-hybridized carbons (Fsp3) is 0.231. The molecule has 0 N–H and O–H groups in total. The van der Waals surface area contributed by atoms with Gasteiger partial charge in [0.1, 0.15) is 17.6 Å². The summed E-state index contributed by atoms with van der Waals surface area (Å²) in [7, 11) is 3.64. The van der Waals surface area contributed by atoms with Crippen LogP contribution in [0.4, 0.5) is 5.95 Å². The van der Waals surface area contributed by atoms with Gasteiger partial charge in [-0.3, -0.25) is 0 Å². The molecule has 0 atom stereocenters. The van der Waals surface area contributed by atoms with E-state index in [1.54, 1.807) is 30.0 Å². The summed E-state index contributed by atoms with van der Waals surface area (Å²) in [6, 6.07) is 6.91. The smallest absolute Gasteiger partial charge is 0.327 e. The van der Waals surface area contributed by atoms with Gasteiger partial charge in [0.15, 0.2) is 0 Å². The average molecular weight is 290 g/mol. The van der Waals surface area contributed by atoms with Gasteiger partial charge in [-0.05, 0) is 19.1 Å². The Balaban J connectivity index is 2.40. The Labute approximate surface area is 121 Å². The molecule has 1 aromatic carbocycles. The molecule has 7 heteroatoms. The van der Waals surface area contributed by atoms with Crippen LogP contribution in [0.3, 0.4) is 0 Å². The van der Waals surface area contributed by atoms with Gasteiger partial charge in [-0.2, -0.15) is 20.2 Å². The van der Waals surface area contributed by atoms with E-state index in [-0.39, 0.29) is 6.01 Å². The van der Waals surface area contributed by atoms with Crippen molar-refractivity contribution in [3.8, 4) is 17.8 Å². The maximum absolute atomic E-state index is 9.05. The second-order valence-corrected chi connectivity index (χ2v) is 4.65. The van der Waals surface area contributed by atoms with Crippen molar-refractivity contribution >= 4 is 17.5 Å². The molecule has 1 aromatic heterocycles. The number of ether oxygens (including phenoxy) is 1. The first-order chi connectivity index (χ1) is 9.49. The molecular weight excluding hydrogens is 278 g/mol. The Hall–Kier alpha value is -2.39. The summed E-state index contributed by atoms with van der Waals surface area (Å²) in [6.07, 6.45) is 0. The van der Waals surface area contributed by atoms with Gasteiger partial charge >= 0.3 is 6.01 Å². The van der Waals surface area contributed by atoms with Crippen LogP contribution in [0.1, 0.15) is 11.4 Å². The van der Waals surface area contributed by atoms with Gasteiger partial charge < -0.3 is 9.64 Å². The minimum Gasteiger partial charge on any atom is -0.423 e. The van der Waals surface area contributed by atoms with Crippen LogP contribution in [0.25, 0.3) is 0 Å². The molecular formula is C13H12ClN5O. The predicted molar refractivity (Wildman–Crippen MR) is 75.1 cm³/mol. The minimum absolute atomic E-state index is 0.125. The number of hydrogen-bond acceptors (Lipinski definition) is 6. The highest BCUT2D eigenvalue weighted by Crippen LogP contribution is 2.26. The van der Waals surface area contributed by atoms with Gasteiger partial charge in [0, 0.05) is 25.2 Å². The van der Waals surface area contributed by atoms with Crippen LogP contribution >= 0.6 is 11.6 Å². The third-order valence-electron chi connectivity index (χ3n) is 2.38. The second kappa shape index (κ2) is 5.72. The first kappa shape index (κ1) is 14.0. The summed E-state index contributed by atoms with van der Waals surface area (Å²) in [4.78, 5) is 14.2. The molecule has 0 fully saturated rings. The Morgan fingerprint density at radius 3 is 2.65 bits per heavy atom. The maximum Gasteiger partial charge on any atom is 0.327 e. The van der Waals surface area contributed by atoms with E-state index < -0.39 is 0 Å². The number of nitrogens with zero attached hydrogens (tertiary/aromatic N) is 5. The Morgan fingerprint density at radius 1 is 1.25 bits per heavy atom. The number of anilines is 1. The number of hydrogen-bond donors (Lipinski definition) is 0. The lowest BCUT2D eigenvalue weighted by molar-refractivity contribution is 0.436. The third kappa shape index (κ3) is 3.13. The van der Waals surface area contributed by atoms with Gasteiger partial charge in [-0.1, -0.05) is 11.6 Å². The molecule has 0 aliphatic heterocycles. The summed E-state index contributed by atoms with van der Waals surface area (Å²) in [5, 5.41) is 9.52. The molecule has 0 bridgehead atoms. The highest BCUT2D eigenvalue weighted by molar-refractivity contribution is 6.30. The summed E-state index contributed by atoms with van der Waals surface area (Å²) in [5.41, 5.74) is 0.360. The molecule has 0 unspecified atom stereocenters. The van der Waals surface area contributed by atoms with Crippen molar-refractivity contribution in [2.45, 2.75) is 6.92 Å². The molecule has 0 aliphatic carbocycles. The van der Waals surface area contributed by atoms with Crippen molar-refractivity contribution in [1.29, 1.82) is 5.26 Å². The summed E-state index contributed by atoms with van der Waals surface area (Å²) in [5.74, 6) is 1.32. The lowest BCUT2D eigenvalue weighted by atomic mass is 10.2. The van der Waals surface area contributed by atoms with Crippen molar-refractivity contribution in [2.24, 2.45) is 0 Å². The molecule has 102 valence electrons. The van der Waals surface area contributed by atoms with Crippen LogP contribution in [0.2, 0.25) is 5.02 Å². The van der Waals surface area contributed by atoms with Crippen LogP contribution in [-0.2, 0) is 0 Å². The first-order valence-electron chi connectivity index (χ1n) is 5.77. The van der Waals surface area contributed by atoms with E-state index in [0.717, 1.165) is 0 Å². The van der Waals surface area contributed by atoms with Crippen LogP contribution in [0.5, 0.6) is 11.8 Å². The van der Waals surface area contributed by atoms with Crippen molar-refractivity contribution < 1.29 is 4.74 Å². The zero-order valence-electron chi connectivity index (χ0n) is 11.3. The van der Waals surface area contributed by atoms with E-state index in [9.17, 15) is 0 Å². The zero-order chi connectivity index (χ0) is 14.7. The number of benzene rings is 1. The molecule has 1 heterocycles. The molecule has 0 saturated heterocycles. The second-order valence-electron chi connectivity index (χ2n) is 4.21. The highest BCUT2D eigenvalue weighted by Gasteiger charge is 2.11. The van der Waals surface area contributed by atoms with E-state index in [2.05, 4.69) is 15.0 Å². The standard InChI is InChI=1S/C13H12ClN5O/c1-8-16-12(19(2)3)18-13(17-8)20-11-6-10(14)5-4-9(11)7-15/h4-6H,1-3H3. The van der Waals surface area contributed by atoms with Crippen LogP contribution in [-0.4, -0.2) is 29.0 Å². The van der Waals surface area contributed by atoms with Crippen molar-refractivity contribution in [3.05, 3.63) is 34.6 Å². The fourth-order valence-electron chi connectivity index (χ4n) is 1.46. The fourth-order valence-corrected chi connectivity index (χ4v) is 1.62.